The SMILES string of the molecule is CNC(=O)c1ccc(/C=C/C(=O)NCCCN2CCCCCC2)cc1. The normalized spacial score (nSPS) is 15.7. The van der Waals surface area contributed by atoms with Crippen molar-refractivity contribution in [2.45, 2.75) is 32.1 Å². The first-order valence-corrected chi connectivity index (χ1v) is 9.19. The number of carbonyl (C=O) groups excluding carboxylic acids is 2. The molecule has 1 saturated heterocycles. The Hall–Kier alpha value is -2.14. The number of nitrogens with one attached hydrogen (secondary N) is 2. The standard InChI is InChI=1S/C20H29N3O2/c1-21-20(25)18-10-7-17(8-11-18)9-12-19(24)22-13-6-16-23-14-4-2-3-5-15-23/h7-12H,2-6,13-16H2,1H3,(H,21,25)(H,22,24)/b12-9+. The molecule has 0 aromatic heterocycles. The molecule has 0 atom stereocenters. The fraction of sp³-hybridized carbons (Fsp3) is 0.500. The average Bonchev–Trinajstić information content (AvgIpc) is 2.92. The van der Waals surface area contributed by atoms with Crippen LogP contribution in [0.4, 0.5) is 0 Å². The lowest BCUT2D eigenvalue weighted by atomic mass is 10.1. The minimum absolute atomic E-state index is 0.0776. The van der Waals surface area contributed by atoms with Crippen LogP contribution in [0.2, 0.25) is 0 Å². The van der Waals surface area contributed by atoms with Crippen molar-refractivity contribution in [2.24, 2.45) is 0 Å². The van der Waals surface area contributed by atoms with Gasteiger partial charge in [-0.2, -0.15) is 0 Å². The van der Waals surface area contributed by atoms with Crippen molar-refractivity contribution in [3.8, 4) is 0 Å². The van der Waals surface area contributed by atoms with E-state index >= 15 is 0 Å². The number of hydrogen-bond acceptors (Lipinski definition) is 3. The monoisotopic (exact) mass is 343 g/mol. The number of carbonyl (C=O) groups is 2. The summed E-state index contributed by atoms with van der Waals surface area (Å²) in [5.74, 6) is -0.191. The topological polar surface area (TPSA) is 61.4 Å². The molecule has 25 heavy (non-hydrogen) atoms. The zero-order chi connectivity index (χ0) is 17.9. The van der Waals surface area contributed by atoms with E-state index in [9.17, 15) is 9.59 Å². The number of amides is 2. The summed E-state index contributed by atoms with van der Waals surface area (Å²) in [6, 6.07) is 7.15. The maximum Gasteiger partial charge on any atom is 0.251 e. The number of rotatable bonds is 7. The molecule has 5 heteroatoms. The maximum atomic E-state index is 11.9. The van der Waals surface area contributed by atoms with Crippen molar-refractivity contribution in [1.82, 2.24) is 15.5 Å². The summed E-state index contributed by atoms with van der Waals surface area (Å²) in [5.41, 5.74) is 1.50. The molecule has 2 amide bonds. The fourth-order valence-corrected chi connectivity index (χ4v) is 2.99. The van der Waals surface area contributed by atoms with Gasteiger partial charge >= 0.3 is 0 Å². The van der Waals surface area contributed by atoms with Gasteiger partial charge in [0.25, 0.3) is 5.91 Å². The van der Waals surface area contributed by atoms with Gasteiger partial charge in [0.2, 0.25) is 5.91 Å². The van der Waals surface area contributed by atoms with E-state index < -0.39 is 0 Å². The molecule has 1 aromatic rings. The van der Waals surface area contributed by atoms with E-state index in [0.29, 0.717) is 12.1 Å². The van der Waals surface area contributed by atoms with Crippen molar-refractivity contribution in [1.29, 1.82) is 0 Å². The van der Waals surface area contributed by atoms with Gasteiger partial charge in [-0.25, -0.2) is 0 Å². The van der Waals surface area contributed by atoms with Gasteiger partial charge in [0.15, 0.2) is 0 Å². The van der Waals surface area contributed by atoms with Gasteiger partial charge in [-0.15, -0.1) is 0 Å². The molecule has 2 N–H and O–H groups in total. The molecule has 5 nitrogen and oxygen atoms in total. The predicted octanol–water partition coefficient (Wildman–Crippen LogP) is 2.44. The van der Waals surface area contributed by atoms with E-state index in [1.54, 1.807) is 31.3 Å². The van der Waals surface area contributed by atoms with E-state index in [1.807, 2.05) is 12.1 Å². The number of benzene rings is 1. The molecule has 0 unspecified atom stereocenters. The molecule has 1 aromatic carbocycles. The molecule has 136 valence electrons. The summed E-state index contributed by atoms with van der Waals surface area (Å²) in [4.78, 5) is 25.8. The first-order chi connectivity index (χ1) is 12.2. The fourth-order valence-electron chi connectivity index (χ4n) is 2.99. The third-order valence-corrected chi connectivity index (χ3v) is 4.48. The highest BCUT2D eigenvalue weighted by atomic mass is 16.2. The Balaban J connectivity index is 1.67. The minimum Gasteiger partial charge on any atom is -0.355 e. The molecular formula is C20H29N3O2. The lowest BCUT2D eigenvalue weighted by Crippen LogP contribution is -2.30. The van der Waals surface area contributed by atoms with Gasteiger partial charge < -0.3 is 15.5 Å². The van der Waals surface area contributed by atoms with Gasteiger partial charge in [-0.3, -0.25) is 9.59 Å². The molecule has 0 saturated carbocycles. The summed E-state index contributed by atoms with van der Waals surface area (Å²) in [7, 11) is 1.60. The molecule has 0 radical (unpaired) electrons. The Bertz CT molecular complexity index is 573. The summed E-state index contributed by atoms with van der Waals surface area (Å²) < 4.78 is 0. The summed E-state index contributed by atoms with van der Waals surface area (Å²) in [6.45, 7) is 4.15. The zero-order valence-corrected chi connectivity index (χ0v) is 15.1. The molecule has 0 spiro atoms. The zero-order valence-electron chi connectivity index (χ0n) is 15.1. The van der Waals surface area contributed by atoms with Gasteiger partial charge in [0, 0.05) is 25.2 Å². The van der Waals surface area contributed by atoms with E-state index in [2.05, 4.69) is 15.5 Å². The van der Waals surface area contributed by atoms with Crippen LogP contribution < -0.4 is 10.6 Å². The average molecular weight is 343 g/mol. The van der Waals surface area contributed by atoms with Crippen LogP contribution in [-0.4, -0.2) is 49.9 Å². The smallest absolute Gasteiger partial charge is 0.251 e. The van der Waals surface area contributed by atoms with Crippen molar-refractivity contribution in [3.63, 3.8) is 0 Å². The molecule has 1 aliphatic rings. The first-order valence-electron chi connectivity index (χ1n) is 9.19. The lowest BCUT2D eigenvalue weighted by molar-refractivity contribution is -0.116. The molecule has 0 aliphatic carbocycles. The van der Waals surface area contributed by atoms with Gasteiger partial charge in [-0.05, 0) is 62.7 Å². The summed E-state index contributed by atoms with van der Waals surface area (Å²) in [6.07, 6.45) is 9.59. The van der Waals surface area contributed by atoms with E-state index in [-0.39, 0.29) is 11.8 Å². The highest BCUT2D eigenvalue weighted by Crippen LogP contribution is 2.09. The predicted molar refractivity (Wildman–Crippen MR) is 101 cm³/mol. The molecule has 1 heterocycles. The maximum absolute atomic E-state index is 11.9. The van der Waals surface area contributed by atoms with Crippen LogP contribution in [0, 0.1) is 0 Å². The van der Waals surface area contributed by atoms with Crippen LogP contribution in [0.1, 0.15) is 48.0 Å². The van der Waals surface area contributed by atoms with Crippen molar-refractivity contribution >= 4 is 17.9 Å². The van der Waals surface area contributed by atoms with Crippen LogP contribution in [0.25, 0.3) is 6.08 Å². The largest absolute Gasteiger partial charge is 0.355 e. The molecule has 2 rings (SSSR count). The third kappa shape index (κ3) is 7.10. The van der Waals surface area contributed by atoms with Crippen LogP contribution in [0.3, 0.4) is 0 Å². The van der Waals surface area contributed by atoms with Crippen molar-refractivity contribution in [2.75, 3.05) is 33.2 Å². The Morgan fingerprint density at radius 3 is 2.40 bits per heavy atom. The van der Waals surface area contributed by atoms with Gasteiger partial charge in [0.1, 0.15) is 0 Å². The second kappa shape index (κ2) is 10.7. The molecule has 0 bridgehead atoms. The highest BCUT2D eigenvalue weighted by Gasteiger charge is 2.08. The molecule has 1 fully saturated rings. The second-order valence-corrected chi connectivity index (χ2v) is 6.43. The van der Waals surface area contributed by atoms with Gasteiger partial charge in [-0.1, -0.05) is 25.0 Å². The first kappa shape index (κ1) is 19.2. The van der Waals surface area contributed by atoms with Crippen molar-refractivity contribution < 1.29 is 9.59 Å². The quantitative estimate of drug-likeness (QED) is 0.590. The summed E-state index contributed by atoms with van der Waals surface area (Å²) >= 11 is 0. The lowest BCUT2D eigenvalue weighted by Gasteiger charge is -2.19. The third-order valence-electron chi connectivity index (χ3n) is 4.48. The number of nitrogens with zero attached hydrogens (tertiary/aromatic N) is 1. The Kier molecular flexibility index (Phi) is 8.19. The van der Waals surface area contributed by atoms with Crippen LogP contribution in [-0.2, 0) is 4.79 Å². The summed E-state index contributed by atoms with van der Waals surface area (Å²) in [5, 5.41) is 5.51. The minimum atomic E-state index is -0.113. The number of likely N-dealkylation sites (tertiary alicyclic amines) is 1. The Morgan fingerprint density at radius 1 is 1.08 bits per heavy atom. The molecular weight excluding hydrogens is 314 g/mol. The highest BCUT2D eigenvalue weighted by molar-refractivity contribution is 5.94. The second-order valence-electron chi connectivity index (χ2n) is 6.43. The van der Waals surface area contributed by atoms with Crippen molar-refractivity contribution in [3.05, 3.63) is 41.5 Å². The number of hydrogen-bond donors (Lipinski definition) is 2. The Morgan fingerprint density at radius 2 is 1.76 bits per heavy atom. The van der Waals surface area contributed by atoms with Crippen LogP contribution >= 0.6 is 0 Å². The van der Waals surface area contributed by atoms with Crippen LogP contribution in [0.15, 0.2) is 30.3 Å². The van der Waals surface area contributed by atoms with Gasteiger partial charge in [0.05, 0.1) is 0 Å². The molecule has 1 aliphatic heterocycles. The van der Waals surface area contributed by atoms with Crippen LogP contribution in [0.5, 0.6) is 0 Å². The van der Waals surface area contributed by atoms with E-state index in [4.69, 9.17) is 0 Å². The van der Waals surface area contributed by atoms with E-state index in [1.165, 1.54) is 38.8 Å². The van der Waals surface area contributed by atoms with E-state index in [0.717, 1.165) is 18.5 Å². The Labute approximate surface area is 150 Å².